The normalized spacial score (nSPS) is 15.5. The smallest absolute Gasteiger partial charge is 0.253 e. The average molecular weight is 458 g/mol. The molecule has 0 aromatic heterocycles. The molecule has 2 amide bonds. The third kappa shape index (κ3) is 4.86. The number of nitrogens with one attached hydrogen (secondary N) is 1. The van der Waals surface area contributed by atoms with E-state index < -0.39 is 16.1 Å². The van der Waals surface area contributed by atoms with Gasteiger partial charge in [-0.05, 0) is 69.0 Å². The molecule has 0 spiro atoms. The van der Waals surface area contributed by atoms with E-state index in [0.717, 1.165) is 11.1 Å². The van der Waals surface area contributed by atoms with Crippen molar-refractivity contribution in [1.82, 2.24) is 14.5 Å². The summed E-state index contributed by atoms with van der Waals surface area (Å²) in [6, 6.07) is 10.1. The van der Waals surface area contributed by atoms with Crippen LogP contribution in [0.5, 0.6) is 0 Å². The van der Waals surface area contributed by atoms with Crippen LogP contribution < -0.4 is 4.72 Å². The number of piperazine rings is 1. The molecule has 1 aliphatic heterocycles. The molecule has 0 saturated carbocycles. The van der Waals surface area contributed by atoms with Crippen molar-refractivity contribution in [2.45, 2.75) is 45.6 Å². The molecule has 3 rings (SSSR count). The minimum atomic E-state index is -3.87. The van der Waals surface area contributed by atoms with E-state index in [1.807, 2.05) is 38.1 Å². The number of hydrogen-bond donors (Lipinski definition) is 1. The maximum atomic E-state index is 13.1. The quantitative estimate of drug-likeness (QED) is 0.748. The molecule has 1 atom stereocenters. The van der Waals surface area contributed by atoms with E-state index in [1.54, 1.807) is 42.7 Å². The van der Waals surface area contributed by atoms with E-state index in [1.165, 1.54) is 0 Å². The maximum Gasteiger partial charge on any atom is 0.253 e. The monoisotopic (exact) mass is 457 g/mol. The van der Waals surface area contributed by atoms with Crippen molar-refractivity contribution in [3.63, 3.8) is 0 Å². The lowest BCUT2D eigenvalue weighted by atomic mass is 10.0. The Morgan fingerprint density at radius 2 is 1.38 bits per heavy atom. The molecule has 0 aliphatic carbocycles. The van der Waals surface area contributed by atoms with Crippen LogP contribution in [-0.2, 0) is 14.8 Å². The Labute approximate surface area is 190 Å². The topological polar surface area (TPSA) is 86.8 Å². The molecule has 1 aliphatic rings. The summed E-state index contributed by atoms with van der Waals surface area (Å²) in [6.45, 7) is 10.4. The fourth-order valence-electron chi connectivity index (χ4n) is 4.09. The first kappa shape index (κ1) is 23.9. The van der Waals surface area contributed by atoms with Crippen LogP contribution in [0.3, 0.4) is 0 Å². The van der Waals surface area contributed by atoms with Crippen LogP contribution in [0.4, 0.5) is 0 Å². The number of carbonyl (C=O) groups is 2. The minimum Gasteiger partial charge on any atom is -0.338 e. The van der Waals surface area contributed by atoms with Crippen molar-refractivity contribution in [2.75, 3.05) is 26.2 Å². The third-order valence-corrected chi connectivity index (χ3v) is 7.98. The van der Waals surface area contributed by atoms with Gasteiger partial charge < -0.3 is 9.80 Å². The highest BCUT2D eigenvalue weighted by atomic mass is 32.2. The summed E-state index contributed by atoms with van der Waals surface area (Å²) in [5.41, 5.74) is 3.78. The molecule has 1 N–H and O–H groups in total. The van der Waals surface area contributed by atoms with Gasteiger partial charge in [0.05, 0.1) is 10.9 Å². The number of rotatable bonds is 5. The predicted molar refractivity (Wildman–Crippen MR) is 124 cm³/mol. The van der Waals surface area contributed by atoms with Crippen molar-refractivity contribution in [3.05, 3.63) is 64.2 Å². The molecule has 1 saturated heterocycles. The predicted octanol–water partition coefficient (Wildman–Crippen LogP) is 2.57. The number of carbonyl (C=O) groups excluding carboxylic acids is 2. The number of hydrogen-bond acceptors (Lipinski definition) is 4. The zero-order valence-corrected chi connectivity index (χ0v) is 20.1. The van der Waals surface area contributed by atoms with E-state index in [4.69, 9.17) is 0 Å². The van der Waals surface area contributed by atoms with Crippen molar-refractivity contribution < 1.29 is 18.0 Å². The maximum absolute atomic E-state index is 13.1. The largest absolute Gasteiger partial charge is 0.338 e. The zero-order valence-electron chi connectivity index (χ0n) is 19.3. The van der Waals surface area contributed by atoms with Gasteiger partial charge >= 0.3 is 0 Å². The average Bonchev–Trinajstić information content (AvgIpc) is 2.77. The summed E-state index contributed by atoms with van der Waals surface area (Å²) >= 11 is 0. The Bertz CT molecular complexity index is 1100. The molecule has 0 bridgehead atoms. The number of amides is 2. The summed E-state index contributed by atoms with van der Waals surface area (Å²) in [5, 5.41) is 0. The molecule has 32 heavy (non-hydrogen) atoms. The molecule has 8 heteroatoms. The first-order valence-electron chi connectivity index (χ1n) is 10.8. The van der Waals surface area contributed by atoms with E-state index in [9.17, 15) is 18.0 Å². The summed E-state index contributed by atoms with van der Waals surface area (Å²) in [6.07, 6.45) is 0. The van der Waals surface area contributed by atoms with Gasteiger partial charge in [-0.2, -0.15) is 4.72 Å². The van der Waals surface area contributed by atoms with Crippen molar-refractivity contribution in [3.8, 4) is 0 Å². The fourth-order valence-corrected chi connectivity index (χ4v) is 5.91. The first-order valence-corrected chi connectivity index (χ1v) is 12.2. The Morgan fingerprint density at radius 3 is 1.91 bits per heavy atom. The van der Waals surface area contributed by atoms with Gasteiger partial charge in [-0.3, -0.25) is 9.59 Å². The van der Waals surface area contributed by atoms with E-state index in [2.05, 4.69) is 4.72 Å². The van der Waals surface area contributed by atoms with Crippen LogP contribution in [0.25, 0.3) is 0 Å². The standard InChI is InChI=1S/C24H31N3O4S/c1-16-15-17(2)19(4)22(18(16)3)32(30,31)25-20(5)23(28)26-11-13-27(14-12-26)24(29)21-9-7-6-8-10-21/h6-10,15,20,25H,11-14H2,1-5H3. The fraction of sp³-hybridized carbons (Fsp3) is 0.417. The molecular weight excluding hydrogens is 426 g/mol. The van der Waals surface area contributed by atoms with Gasteiger partial charge in [0.1, 0.15) is 0 Å². The van der Waals surface area contributed by atoms with E-state index in [-0.39, 0.29) is 16.7 Å². The summed E-state index contributed by atoms with van der Waals surface area (Å²) < 4.78 is 28.8. The molecule has 1 fully saturated rings. The molecule has 2 aromatic rings. The van der Waals surface area contributed by atoms with E-state index >= 15 is 0 Å². The zero-order chi connectivity index (χ0) is 23.6. The van der Waals surface area contributed by atoms with Gasteiger partial charge in [-0.25, -0.2) is 8.42 Å². The number of aryl methyl sites for hydroxylation is 2. The molecule has 172 valence electrons. The van der Waals surface area contributed by atoms with Crippen LogP contribution in [-0.4, -0.2) is 62.3 Å². The summed E-state index contributed by atoms with van der Waals surface area (Å²) in [4.78, 5) is 29.1. The van der Waals surface area contributed by atoms with Gasteiger partial charge in [0, 0.05) is 31.7 Å². The van der Waals surface area contributed by atoms with Gasteiger partial charge in [0.2, 0.25) is 15.9 Å². The van der Waals surface area contributed by atoms with Crippen molar-refractivity contribution in [2.24, 2.45) is 0 Å². The Balaban J connectivity index is 1.66. The second-order valence-corrected chi connectivity index (χ2v) is 10.1. The van der Waals surface area contributed by atoms with Crippen LogP contribution >= 0.6 is 0 Å². The summed E-state index contributed by atoms with van der Waals surface area (Å²) in [5.74, 6) is -0.354. The number of benzene rings is 2. The van der Waals surface area contributed by atoms with Gasteiger partial charge in [0.15, 0.2) is 0 Å². The number of sulfonamides is 1. The SMILES string of the molecule is Cc1cc(C)c(C)c(S(=O)(=O)NC(C)C(=O)N2CCN(C(=O)c3ccccc3)CC2)c1C. The van der Waals surface area contributed by atoms with Crippen LogP contribution in [0, 0.1) is 27.7 Å². The Morgan fingerprint density at radius 1 is 0.875 bits per heavy atom. The van der Waals surface area contributed by atoms with Gasteiger partial charge in [-0.1, -0.05) is 24.3 Å². The number of nitrogens with zero attached hydrogens (tertiary/aromatic N) is 2. The van der Waals surface area contributed by atoms with Gasteiger partial charge in [0.25, 0.3) is 5.91 Å². The lowest BCUT2D eigenvalue weighted by molar-refractivity contribution is -0.134. The Kier molecular flexibility index (Phi) is 7.05. The van der Waals surface area contributed by atoms with Gasteiger partial charge in [-0.15, -0.1) is 0 Å². The third-order valence-electron chi connectivity index (χ3n) is 6.17. The molecule has 0 radical (unpaired) electrons. The van der Waals surface area contributed by atoms with Crippen molar-refractivity contribution in [1.29, 1.82) is 0 Å². The lowest BCUT2D eigenvalue weighted by Crippen LogP contribution is -2.55. The van der Waals surface area contributed by atoms with E-state index in [0.29, 0.717) is 42.9 Å². The molecule has 2 aromatic carbocycles. The molecule has 7 nitrogen and oxygen atoms in total. The summed E-state index contributed by atoms with van der Waals surface area (Å²) in [7, 11) is -3.87. The second kappa shape index (κ2) is 9.42. The minimum absolute atomic E-state index is 0.0628. The van der Waals surface area contributed by atoms with Crippen LogP contribution in [0.2, 0.25) is 0 Å². The first-order chi connectivity index (χ1) is 15.0. The molecule has 1 heterocycles. The highest BCUT2D eigenvalue weighted by Crippen LogP contribution is 2.26. The van der Waals surface area contributed by atoms with Crippen LogP contribution in [0.15, 0.2) is 41.3 Å². The lowest BCUT2D eigenvalue weighted by Gasteiger charge is -2.36. The molecule has 1 unspecified atom stereocenters. The highest BCUT2D eigenvalue weighted by molar-refractivity contribution is 7.89. The van der Waals surface area contributed by atoms with Crippen LogP contribution in [0.1, 0.15) is 39.5 Å². The van der Waals surface area contributed by atoms with Crippen molar-refractivity contribution >= 4 is 21.8 Å². The highest BCUT2D eigenvalue weighted by Gasteiger charge is 2.31. The molecular formula is C24H31N3O4S. The Hall–Kier alpha value is -2.71. The second-order valence-electron chi connectivity index (χ2n) is 8.42.